The Balaban J connectivity index is 1.26. The number of piperidine rings is 1. The molecule has 2 aliphatic heterocycles. The molecule has 5 rings (SSSR count). The van der Waals surface area contributed by atoms with Gasteiger partial charge in [0, 0.05) is 37.1 Å². The van der Waals surface area contributed by atoms with Crippen LogP contribution >= 0.6 is 0 Å². The highest BCUT2D eigenvalue weighted by molar-refractivity contribution is 5.96. The SMILES string of the molecule is O=C1OC2(CCN(C(=O)c3cccc(OCc4ccccc4)c3)CC2)c2ccccc21. The second-order valence-electron chi connectivity index (χ2n) is 8.02. The van der Waals surface area contributed by atoms with Gasteiger partial charge >= 0.3 is 5.97 Å². The van der Waals surface area contributed by atoms with Crippen molar-refractivity contribution < 1.29 is 19.1 Å². The smallest absolute Gasteiger partial charge is 0.339 e. The summed E-state index contributed by atoms with van der Waals surface area (Å²) in [6, 6.07) is 24.8. The maximum atomic E-state index is 13.1. The molecule has 1 fully saturated rings. The molecule has 2 heterocycles. The molecular weight excluding hydrogens is 390 g/mol. The lowest BCUT2D eigenvalue weighted by atomic mass is 9.83. The van der Waals surface area contributed by atoms with Gasteiger partial charge in [-0.3, -0.25) is 4.79 Å². The van der Waals surface area contributed by atoms with Crippen LogP contribution in [0.25, 0.3) is 0 Å². The Labute approximate surface area is 181 Å². The fourth-order valence-corrected chi connectivity index (χ4v) is 4.43. The molecule has 0 aromatic heterocycles. The van der Waals surface area contributed by atoms with Crippen molar-refractivity contribution in [3.8, 4) is 5.75 Å². The van der Waals surface area contributed by atoms with Crippen LogP contribution in [0.15, 0.2) is 78.9 Å². The predicted octanol–water partition coefficient (Wildman–Crippen LogP) is 4.57. The summed E-state index contributed by atoms with van der Waals surface area (Å²) in [7, 11) is 0. The Kier molecular flexibility index (Phi) is 4.94. The Morgan fingerprint density at radius 2 is 1.68 bits per heavy atom. The number of benzene rings is 3. The number of amides is 1. The summed E-state index contributed by atoms with van der Waals surface area (Å²) in [5, 5.41) is 0. The van der Waals surface area contributed by atoms with Gasteiger partial charge in [-0.1, -0.05) is 54.6 Å². The van der Waals surface area contributed by atoms with Gasteiger partial charge in [0.1, 0.15) is 18.0 Å². The van der Waals surface area contributed by atoms with Crippen molar-refractivity contribution >= 4 is 11.9 Å². The Morgan fingerprint density at radius 1 is 0.935 bits per heavy atom. The molecule has 31 heavy (non-hydrogen) atoms. The molecule has 0 saturated carbocycles. The van der Waals surface area contributed by atoms with Crippen molar-refractivity contribution in [2.75, 3.05) is 13.1 Å². The monoisotopic (exact) mass is 413 g/mol. The molecule has 0 radical (unpaired) electrons. The fraction of sp³-hybridized carbons (Fsp3) is 0.231. The Hall–Kier alpha value is -3.60. The number of ether oxygens (including phenoxy) is 2. The minimum absolute atomic E-state index is 0.0300. The van der Waals surface area contributed by atoms with Crippen LogP contribution in [0.5, 0.6) is 5.75 Å². The highest BCUT2D eigenvalue weighted by Gasteiger charge is 2.47. The highest BCUT2D eigenvalue weighted by Crippen LogP contribution is 2.44. The van der Waals surface area contributed by atoms with Crippen molar-refractivity contribution in [2.45, 2.75) is 25.0 Å². The molecule has 3 aromatic carbocycles. The van der Waals surface area contributed by atoms with Crippen molar-refractivity contribution in [2.24, 2.45) is 0 Å². The molecule has 1 saturated heterocycles. The molecule has 0 aliphatic carbocycles. The maximum Gasteiger partial charge on any atom is 0.339 e. The van der Waals surface area contributed by atoms with E-state index in [1.54, 1.807) is 6.07 Å². The second-order valence-corrected chi connectivity index (χ2v) is 8.02. The largest absolute Gasteiger partial charge is 0.489 e. The first-order valence-electron chi connectivity index (χ1n) is 10.5. The van der Waals surface area contributed by atoms with Crippen molar-refractivity contribution in [1.82, 2.24) is 4.90 Å². The minimum atomic E-state index is -0.606. The van der Waals surface area contributed by atoms with Gasteiger partial charge in [0.15, 0.2) is 0 Å². The Morgan fingerprint density at radius 3 is 2.48 bits per heavy atom. The van der Waals surface area contributed by atoms with Gasteiger partial charge in [-0.05, 0) is 29.8 Å². The lowest BCUT2D eigenvalue weighted by molar-refractivity contribution is -0.0389. The van der Waals surface area contributed by atoms with Gasteiger partial charge < -0.3 is 14.4 Å². The quantitative estimate of drug-likeness (QED) is 0.588. The van der Waals surface area contributed by atoms with E-state index in [2.05, 4.69) is 0 Å². The minimum Gasteiger partial charge on any atom is -0.489 e. The van der Waals surface area contributed by atoms with Gasteiger partial charge in [0.2, 0.25) is 0 Å². The summed E-state index contributed by atoms with van der Waals surface area (Å²) >= 11 is 0. The van der Waals surface area contributed by atoms with E-state index in [1.807, 2.05) is 77.7 Å². The first-order chi connectivity index (χ1) is 15.1. The third-order valence-electron chi connectivity index (χ3n) is 6.11. The number of likely N-dealkylation sites (tertiary alicyclic amines) is 1. The van der Waals surface area contributed by atoms with Gasteiger partial charge in [-0.25, -0.2) is 4.79 Å². The lowest BCUT2D eigenvalue weighted by Gasteiger charge is -2.38. The summed E-state index contributed by atoms with van der Waals surface area (Å²) < 4.78 is 11.7. The average molecular weight is 413 g/mol. The molecule has 0 N–H and O–H groups in total. The molecule has 0 bridgehead atoms. The molecule has 1 amide bonds. The van der Waals surface area contributed by atoms with Gasteiger partial charge in [-0.2, -0.15) is 0 Å². The summed E-state index contributed by atoms with van der Waals surface area (Å²) in [5.74, 6) is 0.373. The first-order valence-corrected chi connectivity index (χ1v) is 10.5. The molecule has 5 nitrogen and oxygen atoms in total. The van der Waals surface area contributed by atoms with E-state index < -0.39 is 5.60 Å². The molecule has 0 unspecified atom stereocenters. The van der Waals surface area contributed by atoms with E-state index in [-0.39, 0.29) is 11.9 Å². The summed E-state index contributed by atoms with van der Waals surface area (Å²) in [6.45, 7) is 1.53. The van der Waals surface area contributed by atoms with Crippen LogP contribution < -0.4 is 4.74 Å². The van der Waals surface area contributed by atoms with Crippen LogP contribution in [0, 0.1) is 0 Å². The highest BCUT2D eigenvalue weighted by atomic mass is 16.6. The topological polar surface area (TPSA) is 55.8 Å². The predicted molar refractivity (Wildman–Crippen MR) is 116 cm³/mol. The number of carbonyl (C=O) groups is 2. The average Bonchev–Trinajstić information content (AvgIpc) is 3.10. The van der Waals surface area contributed by atoms with Crippen LogP contribution in [-0.2, 0) is 16.9 Å². The zero-order chi connectivity index (χ0) is 21.3. The molecule has 156 valence electrons. The first kappa shape index (κ1) is 19.4. The number of hydrogen-bond acceptors (Lipinski definition) is 4. The number of nitrogens with zero attached hydrogens (tertiary/aromatic N) is 1. The van der Waals surface area contributed by atoms with Crippen LogP contribution in [-0.4, -0.2) is 29.9 Å². The van der Waals surface area contributed by atoms with E-state index in [4.69, 9.17) is 9.47 Å². The third-order valence-corrected chi connectivity index (χ3v) is 6.11. The molecular formula is C26H23NO4. The fourth-order valence-electron chi connectivity index (χ4n) is 4.43. The molecule has 0 atom stereocenters. The van der Waals surface area contributed by atoms with E-state index in [0.29, 0.717) is 49.4 Å². The molecule has 2 aliphatic rings. The number of carbonyl (C=O) groups excluding carboxylic acids is 2. The zero-order valence-corrected chi connectivity index (χ0v) is 17.1. The normalized spacial score (nSPS) is 16.6. The van der Waals surface area contributed by atoms with Crippen molar-refractivity contribution in [3.63, 3.8) is 0 Å². The summed E-state index contributed by atoms with van der Waals surface area (Å²) in [4.78, 5) is 27.2. The van der Waals surface area contributed by atoms with Crippen LogP contribution in [0.4, 0.5) is 0 Å². The van der Waals surface area contributed by atoms with Crippen LogP contribution in [0.3, 0.4) is 0 Å². The van der Waals surface area contributed by atoms with E-state index in [9.17, 15) is 9.59 Å². The third kappa shape index (κ3) is 3.67. The van der Waals surface area contributed by atoms with Crippen molar-refractivity contribution in [1.29, 1.82) is 0 Å². The Bertz CT molecular complexity index is 1120. The van der Waals surface area contributed by atoms with Crippen LogP contribution in [0.1, 0.15) is 44.7 Å². The number of hydrogen-bond donors (Lipinski definition) is 0. The van der Waals surface area contributed by atoms with Crippen molar-refractivity contribution in [3.05, 3.63) is 101 Å². The molecule has 1 spiro atoms. The number of esters is 1. The van der Waals surface area contributed by atoms with Crippen LogP contribution in [0.2, 0.25) is 0 Å². The van der Waals surface area contributed by atoms with Gasteiger partial charge in [0.05, 0.1) is 5.56 Å². The maximum absolute atomic E-state index is 13.1. The molecule has 5 heteroatoms. The summed E-state index contributed by atoms with van der Waals surface area (Å²) in [6.07, 6.45) is 1.21. The van der Waals surface area contributed by atoms with E-state index in [1.165, 1.54) is 0 Å². The van der Waals surface area contributed by atoms with Gasteiger partial charge in [-0.15, -0.1) is 0 Å². The molecule has 3 aromatic rings. The number of fused-ring (bicyclic) bond motifs is 2. The summed E-state index contributed by atoms with van der Waals surface area (Å²) in [5.41, 5.74) is 2.66. The lowest BCUT2D eigenvalue weighted by Crippen LogP contribution is -2.45. The number of rotatable bonds is 4. The van der Waals surface area contributed by atoms with Gasteiger partial charge in [0.25, 0.3) is 5.91 Å². The van der Waals surface area contributed by atoms with E-state index >= 15 is 0 Å². The zero-order valence-electron chi connectivity index (χ0n) is 17.1. The second kappa shape index (κ2) is 7.91. The standard InChI is InChI=1S/C26H23NO4/c28-24(20-9-6-10-21(17-20)30-18-19-7-2-1-3-8-19)27-15-13-26(14-16-27)23-12-5-4-11-22(23)25(29)31-26/h1-12,17H,13-16,18H2. The van der Waals surface area contributed by atoms with E-state index in [0.717, 1.165) is 11.1 Å².